The Morgan fingerprint density at radius 1 is 1.10 bits per heavy atom. The van der Waals surface area contributed by atoms with Crippen molar-refractivity contribution in [2.75, 3.05) is 65.5 Å². The van der Waals surface area contributed by atoms with Gasteiger partial charge in [-0.1, -0.05) is 18.2 Å². The zero-order valence-electron chi connectivity index (χ0n) is 18.2. The number of para-hydroxylation sites is 1. The molecule has 0 radical (unpaired) electrons. The fraction of sp³-hybridized carbons (Fsp3) is 0.652. The Hall–Kier alpha value is -2.28. The zero-order chi connectivity index (χ0) is 20.8. The van der Waals surface area contributed by atoms with Crippen molar-refractivity contribution in [1.29, 1.82) is 0 Å². The molecule has 3 heterocycles. The minimum atomic E-state index is 0.291. The van der Waals surface area contributed by atoms with Crippen LogP contribution in [0.4, 0.5) is 0 Å². The van der Waals surface area contributed by atoms with Crippen LogP contribution in [0.2, 0.25) is 0 Å². The highest BCUT2D eigenvalue weighted by molar-refractivity contribution is 5.80. The van der Waals surface area contributed by atoms with Crippen molar-refractivity contribution in [2.24, 2.45) is 4.99 Å². The highest BCUT2D eigenvalue weighted by Crippen LogP contribution is 2.33. The average Bonchev–Trinajstić information content (AvgIpc) is 3.32. The van der Waals surface area contributed by atoms with E-state index in [2.05, 4.69) is 40.2 Å². The first-order valence-electron chi connectivity index (χ1n) is 11.5. The molecule has 0 bridgehead atoms. The van der Waals surface area contributed by atoms with Gasteiger partial charge in [0, 0.05) is 58.3 Å². The highest BCUT2D eigenvalue weighted by Gasteiger charge is 2.25. The summed E-state index contributed by atoms with van der Waals surface area (Å²) in [6.07, 6.45) is 3.31. The number of rotatable bonds is 5. The van der Waals surface area contributed by atoms with Gasteiger partial charge in [-0.15, -0.1) is 0 Å². The minimum Gasteiger partial charge on any atom is -0.493 e. The SMILES string of the molecule is CCNC(=NCC1CCOc2ccccc21)N1CCN(CC(=O)N2CCCC2)CC1. The first kappa shape index (κ1) is 21.0. The Bertz CT molecular complexity index is 739. The van der Waals surface area contributed by atoms with Gasteiger partial charge in [-0.25, -0.2) is 0 Å². The van der Waals surface area contributed by atoms with Gasteiger partial charge in [0.1, 0.15) is 5.75 Å². The molecule has 1 amide bonds. The number of nitrogens with one attached hydrogen (secondary N) is 1. The van der Waals surface area contributed by atoms with Crippen LogP contribution in [0.3, 0.4) is 0 Å². The molecule has 3 aliphatic heterocycles. The Labute approximate surface area is 180 Å². The average molecular weight is 414 g/mol. The number of nitrogens with zero attached hydrogens (tertiary/aromatic N) is 4. The van der Waals surface area contributed by atoms with Gasteiger partial charge in [-0.3, -0.25) is 14.7 Å². The minimum absolute atomic E-state index is 0.291. The molecule has 164 valence electrons. The van der Waals surface area contributed by atoms with Crippen LogP contribution < -0.4 is 10.1 Å². The predicted octanol–water partition coefficient (Wildman–Crippen LogP) is 1.76. The number of hydrogen-bond acceptors (Lipinski definition) is 4. The number of guanidine groups is 1. The number of benzene rings is 1. The number of aliphatic imine (C=N–C) groups is 1. The van der Waals surface area contributed by atoms with Crippen LogP contribution in [0.5, 0.6) is 5.75 Å². The molecule has 1 unspecified atom stereocenters. The maximum atomic E-state index is 12.4. The Balaban J connectivity index is 1.32. The quantitative estimate of drug-likeness (QED) is 0.589. The summed E-state index contributed by atoms with van der Waals surface area (Å²) in [7, 11) is 0. The second-order valence-electron chi connectivity index (χ2n) is 8.42. The molecule has 2 fully saturated rings. The van der Waals surface area contributed by atoms with E-state index in [1.54, 1.807) is 0 Å². The van der Waals surface area contributed by atoms with Gasteiger partial charge >= 0.3 is 0 Å². The van der Waals surface area contributed by atoms with E-state index in [-0.39, 0.29) is 0 Å². The van der Waals surface area contributed by atoms with E-state index in [1.807, 2.05) is 11.0 Å². The lowest BCUT2D eigenvalue weighted by atomic mass is 9.93. The lowest BCUT2D eigenvalue weighted by Crippen LogP contribution is -2.54. The van der Waals surface area contributed by atoms with Gasteiger partial charge in [0.05, 0.1) is 13.2 Å². The van der Waals surface area contributed by atoms with Crippen molar-refractivity contribution >= 4 is 11.9 Å². The van der Waals surface area contributed by atoms with Crippen LogP contribution in [0.25, 0.3) is 0 Å². The molecule has 1 N–H and O–H groups in total. The highest BCUT2D eigenvalue weighted by atomic mass is 16.5. The number of carbonyl (C=O) groups excluding carboxylic acids is 1. The third-order valence-electron chi connectivity index (χ3n) is 6.37. The fourth-order valence-electron chi connectivity index (χ4n) is 4.60. The van der Waals surface area contributed by atoms with E-state index in [0.29, 0.717) is 18.4 Å². The summed E-state index contributed by atoms with van der Waals surface area (Å²) >= 11 is 0. The first-order valence-corrected chi connectivity index (χ1v) is 11.5. The number of amides is 1. The molecule has 2 saturated heterocycles. The molecule has 0 aliphatic carbocycles. The summed E-state index contributed by atoms with van der Waals surface area (Å²) < 4.78 is 5.79. The molecule has 1 aromatic carbocycles. The van der Waals surface area contributed by atoms with Crippen molar-refractivity contribution in [1.82, 2.24) is 20.0 Å². The van der Waals surface area contributed by atoms with E-state index in [9.17, 15) is 4.79 Å². The third kappa shape index (κ3) is 5.06. The van der Waals surface area contributed by atoms with Gasteiger partial charge in [0.2, 0.25) is 5.91 Å². The largest absolute Gasteiger partial charge is 0.493 e. The van der Waals surface area contributed by atoms with Crippen LogP contribution in [-0.4, -0.2) is 92.1 Å². The molecule has 7 nitrogen and oxygen atoms in total. The van der Waals surface area contributed by atoms with Gasteiger partial charge in [-0.05, 0) is 37.8 Å². The van der Waals surface area contributed by atoms with Crippen LogP contribution in [0.1, 0.15) is 37.7 Å². The molecule has 3 aliphatic rings. The van der Waals surface area contributed by atoms with Crippen LogP contribution in [0, 0.1) is 0 Å². The zero-order valence-corrected chi connectivity index (χ0v) is 18.2. The topological polar surface area (TPSA) is 60.4 Å². The summed E-state index contributed by atoms with van der Waals surface area (Å²) in [6.45, 7) is 10.6. The number of fused-ring (bicyclic) bond motifs is 1. The van der Waals surface area contributed by atoms with Gasteiger partial charge in [-0.2, -0.15) is 0 Å². The molecule has 0 saturated carbocycles. The predicted molar refractivity (Wildman–Crippen MR) is 119 cm³/mol. The fourth-order valence-corrected chi connectivity index (χ4v) is 4.60. The standard InChI is InChI=1S/C23H35N5O2/c1-2-24-23(25-17-19-9-16-30-21-8-4-3-7-20(19)21)28-14-12-26(13-15-28)18-22(29)27-10-5-6-11-27/h3-4,7-8,19H,2,5-6,9-18H2,1H3,(H,24,25). The maximum absolute atomic E-state index is 12.4. The van der Waals surface area contributed by atoms with Crippen molar-refractivity contribution in [3.8, 4) is 5.75 Å². The molecule has 1 atom stereocenters. The van der Waals surface area contributed by atoms with Crippen LogP contribution in [-0.2, 0) is 4.79 Å². The summed E-state index contributed by atoms with van der Waals surface area (Å²) in [5.74, 6) is 2.69. The summed E-state index contributed by atoms with van der Waals surface area (Å²) in [5.41, 5.74) is 1.27. The Morgan fingerprint density at radius 3 is 2.63 bits per heavy atom. The Morgan fingerprint density at radius 2 is 1.87 bits per heavy atom. The normalized spacial score (nSPS) is 22.6. The second kappa shape index (κ2) is 10.2. The van der Waals surface area contributed by atoms with Crippen molar-refractivity contribution in [3.05, 3.63) is 29.8 Å². The molecule has 1 aromatic rings. The van der Waals surface area contributed by atoms with E-state index >= 15 is 0 Å². The smallest absolute Gasteiger partial charge is 0.236 e. The first-order chi connectivity index (χ1) is 14.7. The third-order valence-corrected chi connectivity index (χ3v) is 6.37. The lowest BCUT2D eigenvalue weighted by Gasteiger charge is -2.37. The lowest BCUT2D eigenvalue weighted by molar-refractivity contribution is -0.131. The van der Waals surface area contributed by atoms with Crippen molar-refractivity contribution in [2.45, 2.75) is 32.1 Å². The summed E-state index contributed by atoms with van der Waals surface area (Å²) in [4.78, 5) is 24.1. The van der Waals surface area contributed by atoms with Gasteiger partial charge in [0.25, 0.3) is 0 Å². The summed E-state index contributed by atoms with van der Waals surface area (Å²) in [5, 5.41) is 3.47. The van der Waals surface area contributed by atoms with E-state index in [4.69, 9.17) is 9.73 Å². The second-order valence-corrected chi connectivity index (χ2v) is 8.42. The number of piperazine rings is 1. The van der Waals surface area contributed by atoms with Crippen molar-refractivity contribution < 1.29 is 9.53 Å². The van der Waals surface area contributed by atoms with Gasteiger partial charge in [0.15, 0.2) is 5.96 Å². The van der Waals surface area contributed by atoms with E-state index in [0.717, 1.165) is 89.9 Å². The summed E-state index contributed by atoms with van der Waals surface area (Å²) in [6, 6.07) is 8.33. The monoisotopic (exact) mass is 413 g/mol. The maximum Gasteiger partial charge on any atom is 0.236 e. The van der Waals surface area contributed by atoms with E-state index < -0.39 is 0 Å². The van der Waals surface area contributed by atoms with E-state index in [1.165, 1.54) is 5.56 Å². The molecule has 0 spiro atoms. The number of carbonyl (C=O) groups is 1. The Kier molecular flexibility index (Phi) is 7.10. The number of likely N-dealkylation sites (tertiary alicyclic amines) is 1. The van der Waals surface area contributed by atoms with Gasteiger partial charge < -0.3 is 19.9 Å². The number of hydrogen-bond donors (Lipinski definition) is 1. The molecule has 7 heteroatoms. The number of ether oxygens (including phenoxy) is 1. The molecule has 30 heavy (non-hydrogen) atoms. The molecular formula is C23H35N5O2. The molecule has 4 rings (SSSR count). The van der Waals surface area contributed by atoms with Crippen LogP contribution in [0.15, 0.2) is 29.3 Å². The van der Waals surface area contributed by atoms with Crippen LogP contribution >= 0.6 is 0 Å². The molecular weight excluding hydrogens is 378 g/mol. The van der Waals surface area contributed by atoms with Crippen molar-refractivity contribution in [3.63, 3.8) is 0 Å². The molecule has 0 aromatic heterocycles.